The number of nitrogens with zero attached hydrogens (tertiary/aromatic N) is 4. The number of anilines is 1. The minimum atomic E-state index is -3.23. The molecule has 9 nitrogen and oxygen atoms in total. The van der Waals surface area contributed by atoms with Crippen LogP contribution in [0.2, 0.25) is 0 Å². The second kappa shape index (κ2) is 5.99. The van der Waals surface area contributed by atoms with Gasteiger partial charge in [-0.25, -0.2) is 8.42 Å². The van der Waals surface area contributed by atoms with Crippen LogP contribution < -0.4 is 15.1 Å². The molecule has 0 saturated carbocycles. The van der Waals surface area contributed by atoms with Crippen LogP contribution in [0.5, 0.6) is 0 Å². The van der Waals surface area contributed by atoms with E-state index in [9.17, 15) is 13.2 Å². The van der Waals surface area contributed by atoms with Crippen molar-refractivity contribution in [2.75, 3.05) is 36.2 Å². The summed E-state index contributed by atoms with van der Waals surface area (Å²) in [7, 11) is -3.23. The first-order chi connectivity index (χ1) is 10.8. The van der Waals surface area contributed by atoms with Gasteiger partial charge in [0, 0.05) is 18.5 Å². The van der Waals surface area contributed by atoms with Crippen LogP contribution in [0.3, 0.4) is 0 Å². The van der Waals surface area contributed by atoms with Crippen LogP contribution in [0, 0.1) is 5.41 Å². The van der Waals surface area contributed by atoms with Crippen LogP contribution in [-0.2, 0) is 14.8 Å². The number of amides is 1. The number of aromatic nitrogens is 2. The average molecular weight is 360 g/mol. The molecule has 136 valence electrons. The van der Waals surface area contributed by atoms with Gasteiger partial charge in [0.15, 0.2) is 0 Å². The lowest BCUT2D eigenvalue weighted by atomic mass is 9.96. The first-order valence-electron chi connectivity index (χ1n) is 7.74. The van der Waals surface area contributed by atoms with E-state index >= 15 is 0 Å². The van der Waals surface area contributed by atoms with E-state index < -0.39 is 21.0 Å². The molecule has 0 unspecified atom stereocenters. The molecule has 0 spiro atoms. The third-order valence-corrected chi connectivity index (χ3v) is 5.16. The monoisotopic (exact) mass is 360 g/mol. The first kappa shape index (κ1) is 18.7. The van der Waals surface area contributed by atoms with Crippen LogP contribution >= 0.6 is 0 Å². The van der Waals surface area contributed by atoms with E-state index in [1.165, 1.54) is 15.4 Å². The van der Waals surface area contributed by atoms with Gasteiger partial charge >= 0.3 is 5.88 Å². The maximum atomic E-state index is 12.0. The topological polar surface area (TPSA) is 99.6 Å². The summed E-state index contributed by atoms with van der Waals surface area (Å²) in [5.41, 5.74) is -1.02. The highest BCUT2D eigenvalue weighted by Gasteiger charge is 2.43. The summed E-state index contributed by atoms with van der Waals surface area (Å²) < 4.78 is 30.1. The van der Waals surface area contributed by atoms with Gasteiger partial charge in [-0.05, 0) is 13.8 Å². The molecule has 10 heteroatoms. The van der Waals surface area contributed by atoms with Crippen molar-refractivity contribution >= 4 is 21.8 Å². The lowest BCUT2D eigenvalue weighted by Gasteiger charge is -2.40. The van der Waals surface area contributed by atoms with Gasteiger partial charge in [0.2, 0.25) is 21.2 Å². The van der Waals surface area contributed by atoms with Crippen LogP contribution in [-0.4, -0.2) is 55.3 Å². The van der Waals surface area contributed by atoms with E-state index in [1.54, 1.807) is 27.0 Å². The summed E-state index contributed by atoms with van der Waals surface area (Å²) in [6.45, 7) is 10.4. The Bertz CT molecular complexity index is 720. The standard InChI is InChI=1S/C14H25N5O4S/c1-13(2,3)12(20)15-11-9-19(16-23-11)18-8-7-17(24(6,21)22)10-14(18,4)5/h9H,7-8,10H2,1-6H3/p+1. The molecular formula is C14H26N5O4S+. The number of sulfonamides is 1. The van der Waals surface area contributed by atoms with Gasteiger partial charge in [-0.15, -0.1) is 5.01 Å². The Morgan fingerprint density at radius 2 is 2.00 bits per heavy atom. The molecule has 1 N–H and O–H groups in total. The molecule has 0 atom stereocenters. The molecule has 1 amide bonds. The van der Waals surface area contributed by atoms with E-state index in [0.717, 1.165) is 0 Å². The van der Waals surface area contributed by atoms with E-state index in [4.69, 9.17) is 4.52 Å². The molecule has 1 aliphatic heterocycles. The van der Waals surface area contributed by atoms with Crippen molar-refractivity contribution in [2.45, 2.75) is 40.2 Å². The number of rotatable bonds is 3. The van der Waals surface area contributed by atoms with E-state index in [2.05, 4.69) is 10.6 Å². The maximum absolute atomic E-state index is 12.0. The summed E-state index contributed by atoms with van der Waals surface area (Å²) in [6.07, 6.45) is 2.80. The summed E-state index contributed by atoms with van der Waals surface area (Å²) in [5, 5.41) is 8.53. The summed E-state index contributed by atoms with van der Waals surface area (Å²) in [6, 6.07) is 0. The largest absolute Gasteiger partial charge is 0.305 e. The molecule has 1 aromatic rings. The zero-order valence-corrected chi connectivity index (χ0v) is 15.8. The zero-order valence-electron chi connectivity index (χ0n) is 15.0. The molecule has 2 heterocycles. The Kier molecular flexibility index (Phi) is 4.66. The SMILES string of the molecule is CC(C)(C)C(=O)Nc1c[n+](N2CCN(S(C)(=O)=O)CC2(C)C)no1. The van der Waals surface area contributed by atoms with Gasteiger partial charge in [-0.2, -0.15) is 4.31 Å². The molecule has 2 rings (SSSR count). The minimum absolute atomic E-state index is 0.174. The number of carbonyl (C=O) groups is 1. The maximum Gasteiger partial charge on any atom is 0.305 e. The van der Waals surface area contributed by atoms with Gasteiger partial charge in [-0.3, -0.25) is 14.6 Å². The highest BCUT2D eigenvalue weighted by molar-refractivity contribution is 7.88. The third-order valence-electron chi connectivity index (χ3n) is 3.91. The normalized spacial score (nSPS) is 19.3. The van der Waals surface area contributed by atoms with Crippen LogP contribution in [0.1, 0.15) is 34.6 Å². The average Bonchev–Trinajstić information content (AvgIpc) is 2.83. The molecule has 1 aliphatic rings. The van der Waals surface area contributed by atoms with Crippen molar-refractivity contribution < 1.29 is 22.5 Å². The number of piperazine rings is 1. The Balaban J connectivity index is 2.14. The predicted molar refractivity (Wildman–Crippen MR) is 88.4 cm³/mol. The highest BCUT2D eigenvalue weighted by atomic mass is 32.2. The highest BCUT2D eigenvalue weighted by Crippen LogP contribution is 2.20. The zero-order chi connectivity index (χ0) is 18.3. The molecule has 1 aromatic heterocycles. The Morgan fingerprint density at radius 1 is 1.38 bits per heavy atom. The Morgan fingerprint density at radius 3 is 2.50 bits per heavy atom. The molecular weight excluding hydrogens is 334 g/mol. The number of nitrogens with one attached hydrogen (secondary N) is 1. The first-order valence-corrected chi connectivity index (χ1v) is 9.59. The van der Waals surface area contributed by atoms with Gasteiger partial charge in [0.1, 0.15) is 5.54 Å². The minimum Gasteiger partial charge on any atom is -0.288 e. The second-order valence-electron chi connectivity index (χ2n) is 7.72. The van der Waals surface area contributed by atoms with E-state index in [1.807, 2.05) is 18.9 Å². The molecule has 1 saturated heterocycles. The van der Waals surface area contributed by atoms with Crippen molar-refractivity contribution in [1.29, 1.82) is 0 Å². The van der Waals surface area contributed by atoms with E-state index in [0.29, 0.717) is 19.6 Å². The van der Waals surface area contributed by atoms with Crippen LogP contribution in [0.15, 0.2) is 10.7 Å². The number of hydrogen-bond donors (Lipinski definition) is 1. The lowest BCUT2D eigenvalue weighted by molar-refractivity contribution is -0.766. The molecule has 0 bridgehead atoms. The van der Waals surface area contributed by atoms with Gasteiger partial charge in [-0.1, -0.05) is 20.8 Å². The fourth-order valence-electron chi connectivity index (χ4n) is 2.47. The summed E-state index contributed by atoms with van der Waals surface area (Å²) in [5.74, 6) is 0.0724. The quantitative estimate of drug-likeness (QED) is 0.758. The second-order valence-corrected chi connectivity index (χ2v) is 9.71. The van der Waals surface area contributed by atoms with Crippen molar-refractivity contribution in [1.82, 2.24) is 9.58 Å². The summed E-state index contributed by atoms with van der Waals surface area (Å²) in [4.78, 5) is 13.5. The van der Waals surface area contributed by atoms with Crippen molar-refractivity contribution in [3.05, 3.63) is 6.20 Å². The Hall–Kier alpha value is -1.68. The lowest BCUT2D eigenvalue weighted by Crippen LogP contribution is -2.74. The molecule has 0 radical (unpaired) electrons. The van der Waals surface area contributed by atoms with Crippen molar-refractivity contribution in [2.24, 2.45) is 5.41 Å². The van der Waals surface area contributed by atoms with Gasteiger partial charge in [0.25, 0.3) is 6.20 Å². The third kappa shape index (κ3) is 4.04. The molecule has 0 aromatic carbocycles. The van der Waals surface area contributed by atoms with Crippen molar-refractivity contribution in [3.63, 3.8) is 0 Å². The van der Waals surface area contributed by atoms with E-state index in [-0.39, 0.29) is 11.8 Å². The van der Waals surface area contributed by atoms with Gasteiger partial charge < -0.3 is 0 Å². The fraction of sp³-hybridized carbons (Fsp3) is 0.786. The van der Waals surface area contributed by atoms with Crippen LogP contribution in [0.4, 0.5) is 5.88 Å². The van der Waals surface area contributed by atoms with Crippen molar-refractivity contribution in [3.8, 4) is 0 Å². The molecule has 0 aliphatic carbocycles. The molecule has 24 heavy (non-hydrogen) atoms. The molecule has 1 fully saturated rings. The Labute approximate surface area is 142 Å². The predicted octanol–water partition coefficient (Wildman–Crippen LogP) is -0.0615. The fourth-order valence-corrected chi connectivity index (χ4v) is 3.43. The smallest absolute Gasteiger partial charge is 0.288 e. The summed E-state index contributed by atoms with van der Waals surface area (Å²) >= 11 is 0. The van der Waals surface area contributed by atoms with Gasteiger partial charge in [0.05, 0.1) is 17.6 Å². The number of hydrogen-bond acceptors (Lipinski definition) is 6. The van der Waals surface area contributed by atoms with Crippen LogP contribution in [0.25, 0.3) is 0 Å². The number of carbonyl (C=O) groups excluding carboxylic acids is 1.